The predicted molar refractivity (Wildman–Crippen MR) is 92.5 cm³/mol. The van der Waals surface area contributed by atoms with E-state index in [2.05, 4.69) is 14.8 Å². The molecule has 0 aromatic heterocycles. The second-order valence-electron chi connectivity index (χ2n) is 5.10. The summed E-state index contributed by atoms with van der Waals surface area (Å²) in [7, 11) is 1.40. The van der Waals surface area contributed by atoms with Crippen LogP contribution in [0.1, 0.15) is 18.4 Å². The number of ether oxygens (including phenoxy) is 4. The van der Waals surface area contributed by atoms with E-state index in [9.17, 15) is 4.79 Å². The lowest BCUT2D eigenvalue weighted by Gasteiger charge is -2.08. The Balaban J connectivity index is 2.04. The van der Waals surface area contributed by atoms with Crippen molar-refractivity contribution in [3.8, 4) is 5.75 Å². The average molecular weight is 351 g/mol. The number of carbonyl (C=O) groups excluding carboxylic acids is 1. The Hall–Kier alpha value is -2.28. The van der Waals surface area contributed by atoms with E-state index < -0.39 is 0 Å². The molecule has 8 heteroatoms. The number of carbonyl (C=O) groups is 1. The van der Waals surface area contributed by atoms with Crippen LogP contribution in [0.4, 0.5) is 0 Å². The van der Waals surface area contributed by atoms with Gasteiger partial charge in [-0.2, -0.15) is 0 Å². The molecule has 0 aliphatic carbocycles. The molecule has 0 bridgehead atoms. The van der Waals surface area contributed by atoms with Gasteiger partial charge in [-0.3, -0.25) is 4.79 Å². The van der Waals surface area contributed by atoms with Gasteiger partial charge in [0.15, 0.2) is 0 Å². The predicted octanol–water partition coefficient (Wildman–Crippen LogP) is 2.90. The molecule has 1 aromatic rings. The van der Waals surface area contributed by atoms with Gasteiger partial charge in [0.2, 0.25) is 0 Å². The van der Waals surface area contributed by atoms with E-state index in [1.54, 1.807) is 0 Å². The molecule has 8 nitrogen and oxygen atoms in total. The zero-order valence-corrected chi connectivity index (χ0v) is 14.6. The largest absolute Gasteiger partial charge is 0.491 e. The number of methoxy groups -OCH3 is 1. The Kier molecular flexibility index (Phi) is 11.7. The van der Waals surface area contributed by atoms with Crippen LogP contribution in [0.2, 0.25) is 0 Å². The zero-order chi connectivity index (χ0) is 18.2. The monoisotopic (exact) mass is 351 g/mol. The highest BCUT2D eigenvalue weighted by Gasteiger charge is 2.01. The van der Waals surface area contributed by atoms with Gasteiger partial charge >= 0.3 is 5.97 Å². The molecule has 0 heterocycles. The van der Waals surface area contributed by atoms with Crippen LogP contribution in [0, 0.1) is 0 Å². The van der Waals surface area contributed by atoms with E-state index >= 15 is 0 Å². The number of esters is 1. The average Bonchev–Trinajstić information content (AvgIpc) is 2.64. The molecule has 0 unspecified atom stereocenters. The highest BCUT2D eigenvalue weighted by atomic mass is 16.5. The third-order valence-electron chi connectivity index (χ3n) is 3.26. The molecule has 0 saturated carbocycles. The van der Waals surface area contributed by atoms with Crippen LogP contribution in [0.5, 0.6) is 5.75 Å². The van der Waals surface area contributed by atoms with E-state index in [1.165, 1.54) is 7.11 Å². The first-order chi connectivity index (χ1) is 12.3. The summed E-state index contributed by atoms with van der Waals surface area (Å²) >= 11 is 0. The standard InChI is InChI=1S/C17H25N3O5/c1-22-17(21)4-2-3-15-5-7-16(8-6-15)25-14-13-24-12-11-23-10-9-19-20-18/h5-8H,2-4,9-14H2,1H3. The SMILES string of the molecule is COC(=O)CCCc1ccc(OCCOCCOCCN=[N+]=[N-])cc1. The number of hydrogen-bond donors (Lipinski definition) is 0. The first-order valence-electron chi connectivity index (χ1n) is 8.21. The quantitative estimate of drug-likeness (QED) is 0.169. The van der Waals surface area contributed by atoms with Crippen LogP contribution in [0.3, 0.4) is 0 Å². The van der Waals surface area contributed by atoms with Gasteiger partial charge in [0.25, 0.3) is 0 Å². The van der Waals surface area contributed by atoms with Gasteiger partial charge < -0.3 is 18.9 Å². The Morgan fingerprint density at radius 2 is 1.76 bits per heavy atom. The second-order valence-corrected chi connectivity index (χ2v) is 5.10. The molecular formula is C17H25N3O5. The van der Waals surface area contributed by atoms with Crippen LogP contribution in [0.15, 0.2) is 29.4 Å². The lowest BCUT2D eigenvalue weighted by Crippen LogP contribution is -2.11. The Labute approximate surface area is 147 Å². The topological polar surface area (TPSA) is 103 Å². The molecule has 0 atom stereocenters. The van der Waals surface area contributed by atoms with Gasteiger partial charge in [-0.15, -0.1) is 0 Å². The van der Waals surface area contributed by atoms with Crippen molar-refractivity contribution in [3.63, 3.8) is 0 Å². The molecule has 0 amide bonds. The fourth-order valence-electron chi connectivity index (χ4n) is 1.98. The third kappa shape index (κ3) is 11.0. The van der Waals surface area contributed by atoms with Gasteiger partial charge in [-0.25, -0.2) is 0 Å². The van der Waals surface area contributed by atoms with Crippen molar-refractivity contribution in [1.82, 2.24) is 0 Å². The van der Waals surface area contributed by atoms with Gasteiger partial charge in [0, 0.05) is 17.9 Å². The van der Waals surface area contributed by atoms with Gasteiger partial charge in [0.1, 0.15) is 12.4 Å². The zero-order valence-electron chi connectivity index (χ0n) is 14.6. The summed E-state index contributed by atoms with van der Waals surface area (Å²) in [6, 6.07) is 7.80. The normalized spacial score (nSPS) is 10.1. The van der Waals surface area contributed by atoms with E-state index in [1.807, 2.05) is 24.3 Å². The molecule has 0 aliphatic rings. The number of nitrogens with zero attached hydrogens (tertiary/aromatic N) is 3. The van der Waals surface area contributed by atoms with Gasteiger partial charge in [0.05, 0.1) is 33.5 Å². The minimum Gasteiger partial charge on any atom is -0.491 e. The van der Waals surface area contributed by atoms with Crippen LogP contribution in [-0.2, 0) is 25.4 Å². The minimum absolute atomic E-state index is 0.180. The minimum atomic E-state index is -0.180. The van der Waals surface area contributed by atoms with Crippen molar-refractivity contribution >= 4 is 5.97 Å². The molecule has 0 saturated heterocycles. The summed E-state index contributed by atoms with van der Waals surface area (Å²) in [5.41, 5.74) is 9.25. The lowest BCUT2D eigenvalue weighted by molar-refractivity contribution is -0.140. The molecule has 0 spiro atoms. The van der Waals surface area contributed by atoms with E-state index in [-0.39, 0.29) is 5.97 Å². The molecule has 0 aliphatic heterocycles. The van der Waals surface area contributed by atoms with Crippen molar-refractivity contribution in [3.05, 3.63) is 40.3 Å². The first kappa shape index (κ1) is 20.8. The maximum Gasteiger partial charge on any atom is 0.305 e. The van der Waals surface area contributed by atoms with Crippen molar-refractivity contribution in [2.75, 3.05) is 46.7 Å². The van der Waals surface area contributed by atoms with E-state index in [0.717, 1.165) is 24.2 Å². The fourth-order valence-corrected chi connectivity index (χ4v) is 1.98. The highest BCUT2D eigenvalue weighted by Crippen LogP contribution is 2.14. The molecular weight excluding hydrogens is 326 g/mol. The number of rotatable bonds is 14. The number of aryl methyl sites for hydroxylation is 1. The maximum absolute atomic E-state index is 11.0. The van der Waals surface area contributed by atoms with Crippen LogP contribution >= 0.6 is 0 Å². The lowest BCUT2D eigenvalue weighted by atomic mass is 10.1. The smallest absolute Gasteiger partial charge is 0.305 e. The van der Waals surface area contributed by atoms with Crippen LogP contribution < -0.4 is 4.74 Å². The fraction of sp³-hybridized carbons (Fsp3) is 0.588. The van der Waals surface area contributed by atoms with E-state index in [0.29, 0.717) is 46.0 Å². The van der Waals surface area contributed by atoms with Crippen LogP contribution in [-0.4, -0.2) is 52.7 Å². The Morgan fingerprint density at radius 3 is 2.44 bits per heavy atom. The molecule has 1 rings (SSSR count). The summed E-state index contributed by atoms with van der Waals surface area (Å²) in [5.74, 6) is 0.604. The maximum atomic E-state index is 11.0. The van der Waals surface area contributed by atoms with Crippen molar-refractivity contribution < 1.29 is 23.7 Å². The Morgan fingerprint density at radius 1 is 1.08 bits per heavy atom. The van der Waals surface area contributed by atoms with Crippen molar-refractivity contribution in [2.24, 2.45) is 5.11 Å². The molecule has 25 heavy (non-hydrogen) atoms. The van der Waals surface area contributed by atoms with Crippen LogP contribution in [0.25, 0.3) is 10.4 Å². The summed E-state index contributed by atoms with van der Waals surface area (Å²) in [6.45, 7) is 2.59. The molecule has 1 aromatic carbocycles. The third-order valence-corrected chi connectivity index (χ3v) is 3.26. The summed E-state index contributed by atoms with van der Waals surface area (Å²) in [6.07, 6.45) is 2.03. The molecule has 0 radical (unpaired) electrons. The second kappa shape index (κ2) is 14.1. The van der Waals surface area contributed by atoms with Gasteiger partial charge in [-0.05, 0) is 36.1 Å². The molecule has 138 valence electrons. The molecule has 0 fully saturated rings. The van der Waals surface area contributed by atoms with E-state index in [4.69, 9.17) is 19.7 Å². The Bertz CT molecular complexity index is 530. The number of azide groups is 1. The molecule has 0 N–H and O–H groups in total. The first-order valence-corrected chi connectivity index (χ1v) is 8.21. The van der Waals surface area contributed by atoms with Crippen molar-refractivity contribution in [1.29, 1.82) is 0 Å². The van der Waals surface area contributed by atoms with Crippen molar-refractivity contribution in [2.45, 2.75) is 19.3 Å². The summed E-state index contributed by atoms with van der Waals surface area (Å²) in [4.78, 5) is 13.7. The van der Waals surface area contributed by atoms with Gasteiger partial charge in [-0.1, -0.05) is 17.2 Å². The number of benzene rings is 1. The summed E-state index contributed by atoms with van der Waals surface area (Å²) in [5, 5.41) is 3.36. The summed E-state index contributed by atoms with van der Waals surface area (Å²) < 4.78 is 20.8. The highest BCUT2D eigenvalue weighted by molar-refractivity contribution is 5.69. The number of hydrogen-bond acceptors (Lipinski definition) is 6.